The van der Waals surface area contributed by atoms with Gasteiger partial charge in [-0.25, -0.2) is 0 Å². The first-order valence-corrected chi connectivity index (χ1v) is 9.70. The number of aromatic nitrogens is 3. The van der Waals surface area contributed by atoms with Crippen molar-refractivity contribution >= 4 is 17.5 Å². The number of hydrogen-bond acceptors (Lipinski definition) is 4. The molecule has 1 fully saturated rings. The van der Waals surface area contributed by atoms with Gasteiger partial charge in [-0.2, -0.15) is 0 Å². The number of halogens is 1. The Morgan fingerprint density at radius 1 is 1.18 bits per heavy atom. The molecule has 7 heteroatoms. The highest BCUT2D eigenvalue weighted by Gasteiger charge is 2.30. The number of carbonyl (C=O) groups excluding carboxylic acids is 1. The summed E-state index contributed by atoms with van der Waals surface area (Å²) in [4.78, 5) is 15.0. The van der Waals surface area contributed by atoms with Crippen LogP contribution in [0.3, 0.4) is 0 Å². The van der Waals surface area contributed by atoms with E-state index in [4.69, 9.17) is 16.3 Å². The number of carbonyl (C=O) groups is 1. The first-order valence-electron chi connectivity index (χ1n) is 9.32. The Morgan fingerprint density at radius 2 is 2.00 bits per heavy atom. The molecule has 144 valence electrons. The molecule has 0 unspecified atom stereocenters. The highest BCUT2D eigenvalue weighted by Crippen LogP contribution is 2.23. The molecule has 1 aliphatic rings. The predicted octanol–water partition coefficient (Wildman–Crippen LogP) is 4.12. The summed E-state index contributed by atoms with van der Waals surface area (Å²) in [5.41, 5.74) is 0.826. The van der Waals surface area contributed by atoms with Crippen LogP contribution in [0.1, 0.15) is 36.2 Å². The molecule has 0 spiro atoms. The molecule has 2 heterocycles. The number of para-hydroxylation sites is 1. The molecule has 1 atom stereocenters. The van der Waals surface area contributed by atoms with Crippen LogP contribution in [0.4, 0.5) is 0 Å². The molecule has 1 amide bonds. The lowest BCUT2D eigenvalue weighted by Crippen LogP contribution is -2.35. The van der Waals surface area contributed by atoms with Crippen LogP contribution in [-0.2, 0) is 6.61 Å². The monoisotopic (exact) mass is 396 g/mol. The molecule has 0 saturated carbocycles. The maximum atomic E-state index is 13.1. The SMILES string of the molecule is C[C@H]1CCCN1C(=O)c1nnc(COc2cccc(Cl)c2)n1-c1ccccc1. The average Bonchev–Trinajstić information content (AvgIpc) is 3.33. The summed E-state index contributed by atoms with van der Waals surface area (Å²) >= 11 is 6.02. The second-order valence-corrected chi connectivity index (χ2v) is 7.28. The Kier molecular flexibility index (Phi) is 5.30. The van der Waals surface area contributed by atoms with Crippen LogP contribution in [0, 0.1) is 0 Å². The van der Waals surface area contributed by atoms with Crippen molar-refractivity contribution in [3.8, 4) is 11.4 Å². The predicted molar refractivity (Wildman–Crippen MR) is 107 cm³/mol. The Hall–Kier alpha value is -2.86. The van der Waals surface area contributed by atoms with Gasteiger partial charge in [-0.3, -0.25) is 9.36 Å². The molecular formula is C21H21ClN4O2. The molecule has 6 nitrogen and oxygen atoms in total. The summed E-state index contributed by atoms with van der Waals surface area (Å²) in [7, 11) is 0. The van der Waals surface area contributed by atoms with Gasteiger partial charge in [0.05, 0.1) is 0 Å². The summed E-state index contributed by atoms with van der Waals surface area (Å²) in [6.45, 7) is 2.98. The Balaban J connectivity index is 1.66. The fourth-order valence-corrected chi connectivity index (χ4v) is 3.65. The van der Waals surface area contributed by atoms with Crippen LogP contribution in [0.5, 0.6) is 5.75 Å². The number of rotatable bonds is 5. The Morgan fingerprint density at radius 3 is 2.71 bits per heavy atom. The molecule has 1 saturated heterocycles. The normalized spacial score (nSPS) is 16.4. The number of amides is 1. The second kappa shape index (κ2) is 8.02. The minimum Gasteiger partial charge on any atom is -0.486 e. The molecule has 3 aromatic rings. The standard InChI is InChI=1S/C21H21ClN4O2/c1-15-7-6-12-25(15)21(27)20-24-23-19(26(20)17-9-3-2-4-10-17)14-28-18-11-5-8-16(22)13-18/h2-5,8-11,13,15H,6-7,12,14H2,1H3/t15-/m0/s1. The lowest BCUT2D eigenvalue weighted by Gasteiger charge is -2.21. The second-order valence-electron chi connectivity index (χ2n) is 6.85. The molecule has 2 aromatic carbocycles. The van der Waals surface area contributed by atoms with Crippen LogP contribution in [-0.4, -0.2) is 38.2 Å². The van der Waals surface area contributed by atoms with Gasteiger partial charge in [0, 0.05) is 23.3 Å². The number of ether oxygens (including phenoxy) is 1. The van der Waals surface area contributed by atoms with Crippen molar-refractivity contribution in [1.82, 2.24) is 19.7 Å². The Labute approximate surface area is 168 Å². The smallest absolute Gasteiger partial charge is 0.292 e. The molecule has 1 aliphatic heterocycles. The van der Waals surface area contributed by atoms with E-state index in [0.717, 1.165) is 25.1 Å². The van der Waals surface area contributed by atoms with E-state index in [1.165, 1.54) is 0 Å². The maximum Gasteiger partial charge on any atom is 0.292 e. The summed E-state index contributed by atoms with van der Waals surface area (Å²) in [5.74, 6) is 1.40. The van der Waals surface area contributed by atoms with E-state index < -0.39 is 0 Å². The fourth-order valence-electron chi connectivity index (χ4n) is 3.47. The maximum absolute atomic E-state index is 13.1. The topological polar surface area (TPSA) is 60.3 Å². The minimum atomic E-state index is -0.102. The first kappa shape index (κ1) is 18.5. The van der Waals surface area contributed by atoms with E-state index in [1.807, 2.05) is 47.4 Å². The third kappa shape index (κ3) is 3.73. The summed E-state index contributed by atoms with van der Waals surface area (Å²) in [6, 6.07) is 17.0. The summed E-state index contributed by atoms with van der Waals surface area (Å²) < 4.78 is 7.62. The lowest BCUT2D eigenvalue weighted by molar-refractivity contribution is 0.0732. The molecular weight excluding hydrogens is 376 g/mol. The number of benzene rings is 2. The average molecular weight is 397 g/mol. The van der Waals surface area contributed by atoms with E-state index in [9.17, 15) is 4.79 Å². The van der Waals surface area contributed by atoms with Crippen LogP contribution in [0.15, 0.2) is 54.6 Å². The molecule has 0 bridgehead atoms. The zero-order chi connectivity index (χ0) is 19.5. The van der Waals surface area contributed by atoms with Gasteiger partial charge >= 0.3 is 0 Å². The van der Waals surface area contributed by atoms with Gasteiger partial charge in [0.25, 0.3) is 5.91 Å². The number of nitrogens with zero attached hydrogens (tertiary/aromatic N) is 4. The van der Waals surface area contributed by atoms with Gasteiger partial charge < -0.3 is 9.64 Å². The van der Waals surface area contributed by atoms with Crippen molar-refractivity contribution in [3.05, 3.63) is 71.3 Å². The summed E-state index contributed by atoms with van der Waals surface area (Å²) in [6.07, 6.45) is 2.02. The van der Waals surface area contributed by atoms with Crippen molar-refractivity contribution < 1.29 is 9.53 Å². The highest BCUT2D eigenvalue weighted by molar-refractivity contribution is 6.30. The van der Waals surface area contributed by atoms with Gasteiger partial charge in [-0.15, -0.1) is 10.2 Å². The largest absolute Gasteiger partial charge is 0.486 e. The van der Waals surface area contributed by atoms with Crippen molar-refractivity contribution in [2.75, 3.05) is 6.54 Å². The zero-order valence-corrected chi connectivity index (χ0v) is 16.3. The zero-order valence-electron chi connectivity index (χ0n) is 15.6. The third-order valence-corrected chi connectivity index (χ3v) is 5.15. The van der Waals surface area contributed by atoms with E-state index >= 15 is 0 Å². The van der Waals surface area contributed by atoms with E-state index in [-0.39, 0.29) is 18.6 Å². The highest BCUT2D eigenvalue weighted by atomic mass is 35.5. The van der Waals surface area contributed by atoms with Gasteiger partial charge in [0.15, 0.2) is 5.82 Å². The van der Waals surface area contributed by atoms with E-state index in [1.54, 1.807) is 16.7 Å². The van der Waals surface area contributed by atoms with Crippen LogP contribution in [0.2, 0.25) is 5.02 Å². The molecule has 4 rings (SSSR count). The first-order chi connectivity index (χ1) is 13.6. The van der Waals surface area contributed by atoms with Gasteiger partial charge in [0.2, 0.25) is 5.82 Å². The Bertz CT molecular complexity index is 974. The van der Waals surface area contributed by atoms with E-state index in [2.05, 4.69) is 17.1 Å². The third-order valence-electron chi connectivity index (χ3n) is 4.91. The molecule has 1 aromatic heterocycles. The van der Waals surface area contributed by atoms with E-state index in [0.29, 0.717) is 22.4 Å². The van der Waals surface area contributed by atoms with Crippen molar-refractivity contribution in [2.45, 2.75) is 32.4 Å². The molecule has 0 radical (unpaired) electrons. The summed E-state index contributed by atoms with van der Waals surface area (Å²) in [5, 5.41) is 9.07. The minimum absolute atomic E-state index is 0.102. The van der Waals surface area contributed by atoms with Crippen LogP contribution in [0.25, 0.3) is 5.69 Å². The van der Waals surface area contributed by atoms with Gasteiger partial charge in [-0.1, -0.05) is 35.9 Å². The van der Waals surface area contributed by atoms with Gasteiger partial charge in [0.1, 0.15) is 12.4 Å². The number of hydrogen-bond donors (Lipinski definition) is 0. The number of likely N-dealkylation sites (tertiary alicyclic amines) is 1. The molecule has 0 aliphatic carbocycles. The van der Waals surface area contributed by atoms with Crippen LogP contribution >= 0.6 is 11.6 Å². The quantitative estimate of drug-likeness (QED) is 0.650. The molecule has 28 heavy (non-hydrogen) atoms. The van der Waals surface area contributed by atoms with Crippen molar-refractivity contribution in [2.24, 2.45) is 0 Å². The van der Waals surface area contributed by atoms with Crippen molar-refractivity contribution in [3.63, 3.8) is 0 Å². The van der Waals surface area contributed by atoms with Gasteiger partial charge in [-0.05, 0) is 50.1 Å². The fraction of sp³-hybridized carbons (Fsp3) is 0.286. The molecule has 0 N–H and O–H groups in total. The van der Waals surface area contributed by atoms with Crippen molar-refractivity contribution in [1.29, 1.82) is 0 Å². The lowest BCUT2D eigenvalue weighted by atomic mass is 10.2. The van der Waals surface area contributed by atoms with Crippen LogP contribution < -0.4 is 4.74 Å².